The van der Waals surface area contributed by atoms with Gasteiger partial charge in [-0.2, -0.15) is 0 Å². The molecule has 1 amide bonds. The maximum Gasteiger partial charge on any atom is 0.250 e. The quantitative estimate of drug-likeness (QED) is 0.812. The van der Waals surface area contributed by atoms with Gasteiger partial charge in [0.05, 0.1) is 11.3 Å². The Morgan fingerprint density at radius 2 is 2.10 bits per heavy atom. The largest absolute Gasteiger partial charge is 0.385 e. The molecule has 0 saturated carbocycles. The van der Waals surface area contributed by atoms with Crippen LogP contribution in [0.3, 0.4) is 0 Å². The van der Waals surface area contributed by atoms with E-state index in [9.17, 15) is 4.79 Å². The van der Waals surface area contributed by atoms with Crippen molar-refractivity contribution in [3.8, 4) is 0 Å². The van der Waals surface area contributed by atoms with Gasteiger partial charge in [0.2, 0.25) is 0 Å². The molecule has 1 aliphatic rings. The van der Waals surface area contributed by atoms with Crippen LogP contribution in [0.5, 0.6) is 0 Å². The van der Waals surface area contributed by atoms with Crippen molar-refractivity contribution in [2.75, 3.05) is 17.2 Å². The van der Waals surface area contributed by atoms with Gasteiger partial charge in [0, 0.05) is 22.9 Å². The van der Waals surface area contributed by atoms with Gasteiger partial charge in [-0.05, 0) is 54.8 Å². The molecule has 0 bridgehead atoms. The fourth-order valence-electron chi connectivity index (χ4n) is 2.54. The van der Waals surface area contributed by atoms with Crippen LogP contribution in [0.1, 0.15) is 22.3 Å². The first-order chi connectivity index (χ1) is 10.1. The van der Waals surface area contributed by atoms with Gasteiger partial charge >= 0.3 is 0 Å². The molecule has 4 nitrogen and oxygen atoms in total. The molecule has 0 atom stereocenters. The number of hydrogen-bond acceptors (Lipinski definition) is 3. The van der Waals surface area contributed by atoms with Gasteiger partial charge in [-0.25, -0.2) is 0 Å². The Bertz CT molecular complexity index is 700. The highest BCUT2D eigenvalue weighted by molar-refractivity contribution is 6.31. The minimum absolute atomic E-state index is 0.387. The number of rotatable bonds is 3. The van der Waals surface area contributed by atoms with Crippen LogP contribution in [-0.2, 0) is 6.42 Å². The Balaban J connectivity index is 1.92. The van der Waals surface area contributed by atoms with Crippen LogP contribution in [0.4, 0.5) is 17.1 Å². The Morgan fingerprint density at radius 1 is 1.24 bits per heavy atom. The number of nitrogens with one attached hydrogen (secondary N) is 2. The smallest absolute Gasteiger partial charge is 0.250 e. The molecule has 1 heterocycles. The van der Waals surface area contributed by atoms with Crippen molar-refractivity contribution >= 4 is 34.6 Å². The second-order valence-corrected chi connectivity index (χ2v) is 5.52. The molecule has 0 unspecified atom stereocenters. The van der Waals surface area contributed by atoms with Crippen molar-refractivity contribution in [2.45, 2.75) is 12.8 Å². The topological polar surface area (TPSA) is 67.2 Å². The Hall–Kier alpha value is -2.20. The second kappa shape index (κ2) is 5.66. The maximum atomic E-state index is 11.5. The van der Waals surface area contributed by atoms with E-state index in [-0.39, 0.29) is 0 Å². The van der Waals surface area contributed by atoms with Crippen LogP contribution in [0.25, 0.3) is 0 Å². The standard InChI is InChI=1S/C16H16ClN3O/c17-11-3-5-15(13(9-11)16(18)21)20-12-4-6-14-10(8-12)2-1-7-19-14/h3-6,8-9,19-20H,1-2,7H2,(H2,18,21). The molecule has 2 aromatic carbocycles. The molecule has 108 valence electrons. The number of aryl methyl sites for hydroxylation is 1. The molecule has 5 heteroatoms. The summed E-state index contributed by atoms with van der Waals surface area (Å²) in [4.78, 5) is 11.5. The van der Waals surface area contributed by atoms with Crippen molar-refractivity contribution in [1.29, 1.82) is 0 Å². The van der Waals surface area contributed by atoms with Gasteiger partial charge in [0.25, 0.3) is 5.91 Å². The average Bonchev–Trinajstić information content (AvgIpc) is 2.49. The number of halogens is 1. The molecular formula is C16H16ClN3O. The summed E-state index contributed by atoms with van der Waals surface area (Å²) in [6.45, 7) is 1.02. The molecule has 0 spiro atoms. The summed E-state index contributed by atoms with van der Waals surface area (Å²) in [7, 11) is 0. The molecule has 0 radical (unpaired) electrons. The summed E-state index contributed by atoms with van der Waals surface area (Å²) in [5, 5.41) is 7.11. The zero-order valence-corrected chi connectivity index (χ0v) is 12.2. The van der Waals surface area contributed by atoms with Gasteiger partial charge in [0.1, 0.15) is 0 Å². The first-order valence-electron chi connectivity index (χ1n) is 6.86. The average molecular weight is 302 g/mol. The van der Waals surface area contributed by atoms with Crippen LogP contribution in [-0.4, -0.2) is 12.5 Å². The normalized spacial score (nSPS) is 13.2. The van der Waals surface area contributed by atoms with E-state index in [2.05, 4.69) is 22.8 Å². The number of primary amides is 1. The summed E-state index contributed by atoms with van der Waals surface area (Å²) in [6.07, 6.45) is 2.19. The van der Waals surface area contributed by atoms with Crippen molar-refractivity contribution in [2.24, 2.45) is 5.73 Å². The van der Waals surface area contributed by atoms with E-state index in [1.165, 1.54) is 11.3 Å². The van der Waals surface area contributed by atoms with Gasteiger partial charge in [0.15, 0.2) is 0 Å². The molecule has 0 aliphatic carbocycles. The fraction of sp³-hybridized carbons (Fsp3) is 0.188. The Morgan fingerprint density at radius 3 is 2.90 bits per heavy atom. The summed E-state index contributed by atoms with van der Waals surface area (Å²) >= 11 is 5.91. The van der Waals surface area contributed by atoms with Crippen LogP contribution in [0.2, 0.25) is 5.02 Å². The molecule has 2 aromatic rings. The van der Waals surface area contributed by atoms with E-state index < -0.39 is 5.91 Å². The number of fused-ring (bicyclic) bond motifs is 1. The number of hydrogen-bond donors (Lipinski definition) is 3. The third-order valence-electron chi connectivity index (χ3n) is 3.57. The number of carbonyl (C=O) groups excluding carboxylic acids is 1. The molecule has 3 rings (SSSR count). The minimum Gasteiger partial charge on any atom is -0.385 e. The van der Waals surface area contributed by atoms with Crippen molar-refractivity contribution in [3.05, 3.63) is 52.5 Å². The van der Waals surface area contributed by atoms with E-state index in [1.807, 2.05) is 6.07 Å². The molecule has 1 aliphatic heterocycles. The highest BCUT2D eigenvalue weighted by Crippen LogP contribution is 2.29. The third kappa shape index (κ3) is 2.95. The number of benzene rings is 2. The number of amides is 1. The lowest BCUT2D eigenvalue weighted by Crippen LogP contribution is -2.14. The highest BCUT2D eigenvalue weighted by atomic mass is 35.5. The van der Waals surface area contributed by atoms with Crippen LogP contribution >= 0.6 is 11.6 Å². The summed E-state index contributed by atoms with van der Waals surface area (Å²) in [5.41, 5.74) is 9.84. The highest BCUT2D eigenvalue weighted by Gasteiger charge is 2.12. The lowest BCUT2D eigenvalue weighted by molar-refractivity contribution is 0.100. The number of nitrogens with two attached hydrogens (primary N) is 1. The lowest BCUT2D eigenvalue weighted by atomic mass is 10.0. The van der Waals surface area contributed by atoms with Crippen LogP contribution in [0.15, 0.2) is 36.4 Å². The SMILES string of the molecule is NC(=O)c1cc(Cl)ccc1Nc1ccc2c(c1)CCCN2. The van der Waals surface area contributed by atoms with E-state index in [0.29, 0.717) is 16.3 Å². The lowest BCUT2D eigenvalue weighted by Gasteiger charge is -2.19. The van der Waals surface area contributed by atoms with Crippen molar-refractivity contribution < 1.29 is 4.79 Å². The third-order valence-corrected chi connectivity index (χ3v) is 3.80. The Labute approximate surface area is 128 Å². The molecular weight excluding hydrogens is 286 g/mol. The first kappa shape index (κ1) is 13.8. The van der Waals surface area contributed by atoms with E-state index in [4.69, 9.17) is 17.3 Å². The maximum absolute atomic E-state index is 11.5. The molecule has 0 fully saturated rings. The van der Waals surface area contributed by atoms with E-state index >= 15 is 0 Å². The monoisotopic (exact) mass is 301 g/mol. The molecule has 4 N–H and O–H groups in total. The second-order valence-electron chi connectivity index (χ2n) is 5.08. The fourth-order valence-corrected chi connectivity index (χ4v) is 2.71. The van der Waals surface area contributed by atoms with Gasteiger partial charge < -0.3 is 16.4 Å². The molecule has 21 heavy (non-hydrogen) atoms. The molecule has 0 aromatic heterocycles. The van der Waals surface area contributed by atoms with E-state index in [1.54, 1.807) is 18.2 Å². The van der Waals surface area contributed by atoms with Crippen molar-refractivity contribution in [1.82, 2.24) is 0 Å². The summed E-state index contributed by atoms with van der Waals surface area (Å²) in [5.74, 6) is -0.500. The first-order valence-corrected chi connectivity index (χ1v) is 7.24. The predicted molar refractivity (Wildman–Crippen MR) is 86.5 cm³/mol. The van der Waals surface area contributed by atoms with Crippen molar-refractivity contribution in [3.63, 3.8) is 0 Å². The Kier molecular flexibility index (Phi) is 3.71. The van der Waals surface area contributed by atoms with Crippen LogP contribution in [0, 0.1) is 0 Å². The van der Waals surface area contributed by atoms with E-state index in [0.717, 1.165) is 25.1 Å². The zero-order valence-electron chi connectivity index (χ0n) is 11.4. The minimum atomic E-state index is -0.500. The van der Waals surface area contributed by atoms with Gasteiger partial charge in [-0.1, -0.05) is 11.6 Å². The number of anilines is 3. The number of carbonyl (C=O) groups is 1. The van der Waals surface area contributed by atoms with Gasteiger partial charge in [-0.15, -0.1) is 0 Å². The molecule has 0 saturated heterocycles. The van der Waals surface area contributed by atoms with Gasteiger partial charge in [-0.3, -0.25) is 4.79 Å². The summed E-state index contributed by atoms with van der Waals surface area (Å²) in [6, 6.07) is 11.2. The summed E-state index contributed by atoms with van der Waals surface area (Å²) < 4.78 is 0. The van der Waals surface area contributed by atoms with Crippen LogP contribution < -0.4 is 16.4 Å². The zero-order chi connectivity index (χ0) is 14.8. The predicted octanol–water partition coefficient (Wildman–Crippen LogP) is 3.54.